The van der Waals surface area contributed by atoms with Crippen LogP contribution in [0.15, 0.2) is 89.8 Å². The zero-order valence-corrected chi connectivity index (χ0v) is 33.7. The lowest BCUT2D eigenvalue weighted by Gasteiger charge is -2.31. The molecule has 1 saturated heterocycles. The van der Waals surface area contributed by atoms with E-state index in [1.807, 2.05) is 48.5 Å². The van der Waals surface area contributed by atoms with Gasteiger partial charge in [-0.05, 0) is 63.8 Å². The van der Waals surface area contributed by atoms with Gasteiger partial charge in [0.2, 0.25) is 11.8 Å². The third-order valence-corrected chi connectivity index (χ3v) is 11.2. The van der Waals surface area contributed by atoms with Gasteiger partial charge in [-0.1, -0.05) is 62.4 Å². The highest BCUT2D eigenvalue weighted by Crippen LogP contribution is 2.38. The van der Waals surface area contributed by atoms with E-state index >= 15 is 0 Å². The molecule has 0 bridgehead atoms. The lowest BCUT2D eigenvalue weighted by Crippen LogP contribution is -2.54. The maximum atomic E-state index is 14.4. The van der Waals surface area contributed by atoms with E-state index < -0.39 is 63.2 Å². The Kier molecular flexibility index (Phi) is 11.8. The smallest absolute Gasteiger partial charge is 0.408 e. The standard InChI is InChI=1S/C42H49N5O9S/c1-26(2)37(44-40(51)56-41(3,4)5)38(49)47-25-30(55-35-24-33(27-13-9-7-10-14-27)43-34-23-29(54-6)17-18-32(34)35)21-28(47)22-36(48)45-42(19-20-42)39(50)46-57(52,53)31-15-11-8-12-16-31/h7-18,23-24,26,28,30,37H,19-22,25H2,1-6H3,(H,44,51)(H,45,48)(H,46,50)/t28-,30+,37-/m0/s1. The number of benzene rings is 3. The third-order valence-electron chi connectivity index (χ3n) is 9.87. The van der Waals surface area contributed by atoms with E-state index in [0.717, 1.165) is 5.56 Å². The number of ether oxygens (including phenoxy) is 3. The van der Waals surface area contributed by atoms with Gasteiger partial charge in [-0.15, -0.1) is 0 Å². The fourth-order valence-corrected chi connectivity index (χ4v) is 7.90. The van der Waals surface area contributed by atoms with Gasteiger partial charge in [0, 0.05) is 42.0 Å². The molecule has 2 heterocycles. The molecule has 1 aliphatic heterocycles. The summed E-state index contributed by atoms with van der Waals surface area (Å²) in [5, 5.41) is 6.20. The quantitative estimate of drug-likeness (QED) is 0.159. The number of rotatable bonds is 13. The number of nitrogens with one attached hydrogen (secondary N) is 3. The van der Waals surface area contributed by atoms with Gasteiger partial charge in [0.1, 0.15) is 34.8 Å². The maximum absolute atomic E-state index is 14.4. The van der Waals surface area contributed by atoms with E-state index in [0.29, 0.717) is 28.1 Å². The van der Waals surface area contributed by atoms with E-state index in [-0.39, 0.29) is 43.0 Å². The molecule has 302 valence electrons. The Balaban J connectivity index is 1.26. The minimum atomic E-state index is -4.17. The minimum Gasteiger partial charge on any atom is -0.497 e. The van der Waals surface area contributed by atoms with Crippen molar-refractivity contribution in [3.05, 3.63) is 84.9 Å². The molecule has 14 nitrogen and oxygen atoms in total. The molecule has 1 saturated carbocycles. The molecule has 3 N–H and O–H groups in total. The number of amides is 4. The molecule has 3 atom stereocenters. The van der Waals surface area contributed by atoms with E-state index in [9.17, 15) is 27.6 Å². The molecular weight excluding hydrogens is 751 g/mol. The Bertz CT molecular complexity index is 2240. The minimum absolute atomic E-state index is 0.0803. The van der Waals surface area contributed by atoms with E-state index in [2.05, 4.69) is 15.4 Å². The molecule has 0 unspecified atom stereocenters. The number of nitrogens with zero attached hydrogens (tertiary/aromatic N) is 2. The van der Waals surface area contributed by atoms with Crippen LogP contribution in [0.2, 0.25) is 0 Å². The van der Waals surface area contributed by atoms with Gasteiger partial charge in [0.25, 0.3) is 15.9 Å². The number of methoxy groups -OCH3 is 1. The van der Waals surface area contributed by atoms with Crippen LogP contribution in [-0.4, -0.2) is 85.1 Å². The van der Waals surface area contributed by atoms with Gasteiger partial charge >= 0.3 is 6.09 Å². The number of hydrogen-bond acceptors (Lipinski definition) is 10. The molecule has 2 fully saturated rings. The van der Waals surface area contributed by atoms with Crippen molar-refractivity contribution < 1.29 is 41.8 Å². The number of carbonyl (C=O) groups is 4. The molecule has 1 aromatic heterocycles. The summed E-state index contributed by atoms with van der Waals surface area (Å²) in [7, 11) is -2.60. The summed E-state index contributed by atoms with van der Waals surface area (Å²) in [4.78, 5) is 60.7. The highest BCUT2D eigenvalue weighted by Gasteiger charge is 2.53. The largest absolute Gasteiger partial charge is 0.497 e. The van der Waals surface area contributed by atoms with E-state index in [4.69, 9.17) is 19.2 Å². The van der Waals surface area contributed by atoms with Crippen LogP contribution in [0.3, 0.4) is 0 Å². The first-order valence-corrected chi connectivity index (χ1v) is 20.4. The predicted molar refractivity (Wildman–Crippen MR) is 213 cm³/mol. The maximum Gasteiger partial charge on any atom is 0.408 e. The van der Waals surface area contributed by atoms with Crippen molar-refractivity contribution in [1.29, 1.82) is 0 Å². The molecule has 2 aliphatic rings. The van der Waals surface area contributed by atoms with Crippen LogP contribution in [-0.2, 0) is 29.1 Å². The number of sulfonamides is 1. The van der Waals surface area contributed by atoms with Gasteiger partial charge in [-0.3, -0.25) is 14.4 Å². The third kappa shape index (κ3) is 9.82. The average Bonchev–Trinajstić information content (AvgIpc) is 3.84. The second-order valence-electron chi connectivity index (χ2n) is 15.8. The zero-order valence-electron chi connectivity index (χ0n) is 32.9. The van der Waals surface area contributed by atoms with Crippen LogP contribution in [0.4, 0.5) is 4.79 Å². The molecule has 4 aromatic rings. The first-order chi connectivity index (χ1) is 27.0. The highest BCUT2D eigenvalue weighted by molar-refractivity contribution is 7.90. The van der Waals surface area contributed by atoms with Crippen molar-refractivity contribution in [1.82, 2.24) is 25.2 Å². The number of hydrogen-bond donors (Lipinski definition) is 3. The number of aromatic nitrogens is 1. The summed E-state index contributed by atoms with van der Waals surface area (Å²) in [5.41, 5.74) is -0.0459. The lowest BCUT2D eigenvalue weighted by atomic mass is 10.0. The van der Waals surface area contributed by atoms with Gasteiger partial charge in [0.05, 0.1) is 29.8 Å². The molecule has 6 rings (SSSR count). The Morgan fingerprint density at radius 2 is 1.61 bits per heavy atom. The van der Waals surface area contributed by atoms with E-state index in [1.165, 1.54) is 17.0 Å². The Labute approximate surface area is 332 Å². The summed E-state index contributed by atoms with van der Waals surface area (Å²) in [5.74, 6) is -1.02. The van der Waals surface area contributed by atoms with Crippen molar-refractivity contribution in [3.63, 3.8) is 0 Å². The van der Waals surface area contributed by atoms with Gasteiger partial charge in [-0.25, -0.2) is 22.9 Å². The molecular formula is C42H49N5O9S. The molecule has 0 spiro atoms. The lowest BCUT2D eigenvalue weighted by molar-refractivity contribution is -0.137. The van der Waals surface area contributed by atoms with Gasteiger partial charge in [-0.2, -0.15) is 0 Å². The topological polar surface area (TPSA) is 182 Å². The summed E-state index contributed by atoms with van der Waals surface area (Å²) in [6, 6.07) is 22.7. The van der Waals surface area contributed by atoms with Crippen molar-refractivity contribution in [2.45, 2.75) is 94.5 Å². The molecule has 4 amide bonds. The van der Waals surface area contributed by atoms with Gasteiger partial charge < -0.3 is 29.7 Å². The Morgan fingerprint density at radius 3 is 2.23 bits per heavy atom. The molecule has 0 radical (unpaired) electrons. The number of fused-ring (bicyclic) bond motifs is 1. The van der Waals surface area contributed by atoms with Crippen molar-refractivity contribution in [3.8, 4) is 22.8 Å². The Hall–Kier alpha value is -5.70. The van der Waals surface area contributed by atoms with Crippen molar-refractivity contribution in [2.24, 2.45) is 5.92 Å². The van der Waals surface area contributed by atoms with Crippen LogP contribution in [0.5, 0.6) is 11.5 Å². The normalized spacial score (nSPS) is 18.1. The number of likely N-dealkylation sites (tertiary alicyclic amines) is 1. The van der Waals surface area contributed by atoms with Gasteiger partial charge in [0.15, 0.2) is 0 Å². The number of carbonyl (C=O) groups excluding carboxylic acids is 4. The predicted octanol–water partition coefficient (Wildman–Crippen LogP) is 5.35. The number of alkyl carbamates (subject to hydrolysis) is 1. The second-order valence-corrected chi connectivity index (χ2v) is 17.5. The highest BCUT2D eigenvalue weighted by atomic mass is 32.2. The first-order valence-electron chi connectivity index (χ1n) is 18.9. The summed E-state index contributed by atoms with van der Waals surface area (Å²) < 4.78 is 45.6. The molecule has 57 heavy (non-hydrogen) atoms. The first kappa shape index (κ1) is 40.9. The van der Waals surface area contributed by atoms with Crippen molar-refractivity contribution in [2.75, 3.05) is 13.7 Å². The molecule has 15 heteroatoms. The molecule has 3 aromatic carbocycles. The summed E-state index contributed by atoms with van der Waals surface area (Å²) >= 11 is 0. The van der Waals surface area contributed by atoms with Crippen LogP contribution in [0, 0.1) is 5.92 Å². The fourth-order valence-electron chi connectivity index (χ4n) is 6.83. The number of pyridine rings is 1. The monoisotopic (exact) mass is 799 g/mol. The van der Waals surface area contributed by atoms with Crippen LogP contribution in [0.25, 0.3) is 22.2 Å². The summed E-state index contributed by atoms with van der Waals surface area (Å²) in [6.07, 6.45) is -0.841. The summed E-state index contributed by atoms with van der Waals surface area (Å²) in [6.45, 7) is 8.85. The average molecular weight is 800 g/mol. The van der Waals surface area contributed by atoms with Crippen molar-refractivity contribution >= 4 is 44.7 Å². The van der Waals surface area contributed by atoms with E-state index in [1.54, 1.807) is 66.0 Å². The van der Waals surface area contributed by atoms with Crippen LogP contribution < -0.4 is 24.8 Å². The SMILES string of the molecule is COc1ccc2c(O[C@@H]3C[C@@H](CC(=O)NC4(C(=O)NS(=O)(=O)c5ccccc5)CC4)N(C(=O)[C@@H](NC(=O)OC(C)(C)C)C(C)C)C3)cc(-c3ccccc3)nc2c1. The zero-order chi connectivity index (χ0) is 41.1. The fraction of sp³-hybridized carbons (Fsp3) is 0.405. The van der Waals surface area contributed by atoms with Crippen LogP contribution >= 0.6 is 0 Å². The Morgan fingerprint density at radius 1 is 0.947 bits per heavy atom. The van der Waals surface area contributed by atoms with Crippen LogP contribution in [0.1, 0.15) is 60.3 Å². The second kappa shape index (κ2) is 16.4. The molecule has 1 aliphatic carbocycles.